The molecule has 1 amide bonds. The second-order valence-corrected chi connectivity index (χ2v) is 35.1. The Bertz CT molecular complexity index is 5950. The van der Waals surface area contributed by atoms with Crippen molar-refractivity contribution in [3.8, 4) is 56.4 Å². The van der Waals surface area contributed by atoms with Gasteiger partial charge in [-0.2, -0.15) is 15.3 Å². The van der Waals surface area contributed by atoms with E-state index in [9.17, 15) is 27.2 Å². The highest BCUT2D eigenvalue weighted by molar-refractivity contribution is 6.38. The number of nitrogen functional groups attached to an aromatic ring is 4. The lowest BCUT2D eigenvalue weighted by Crippen LogP contribution is -2.48. The fourth-order valence-electron chi connectivity index (χ4n) is 14.8. The van der Waals surface area contributed by atoms with Crippen LogP contribution in [-0.4, -0.2) is 107 Å². The summed E-state index contributed by atoms with van der Waals surface area (Å²) in [5.74, 6) is 0.844. The number of H-pyrrole nitrogens is 3. The molecule has 3 aliphatic rings. The number of aromatic amines is 3. The molecule has 4 aromatic carbocycles. The van der Waals surface area contributed by atoms with Gasteiger partial charge < -0.3 is 65.9 Å². The highest BCUT2D eigenvalue weighted by Crippen LogP contribution is 2.43. The summed E-state index contributed by atoms with van der Waals surface area (Å²) < 4.78 is 101. The standard InChI is InChI=1S/C27H31Cl2FN4O3.C24H26Cl2FN5O4.C22H20Cl2FN5O2.C16H17Cl2FN4O/c1-15(23-20(28)9-10-21(30)24(23)29)36-22-11-17(12-32-25(22)31)18-13-33-34(14-18)19-7-5-16(6-8-19)26(35)37-27(2,3)4;1-14(21-18(25)2-3-19(27)22(21)26)36-20-10-15(11-29-23(20)28)16-12-30-32(13-16)17-4-6-31(7-5-17)24(34)35-9-8-33;1-11-16(12(2)32-29-11)10-30-9-15(8-28-30)14-6-19(22(26)27-7-14)31-13(3)20-17(23)4-5-18(25)21(20)24;1-8(14-11(17)2-3-12(19)15(14)18)24-13-4-9(5-21-16(13)20)10-6-22-23-7-10/h9-16,19H,5-8H2,1-4H3,(H2,31,32);2-3,10-14,17,33H,4-9H2,1H3,(H2,28,29);4-9,13H,10H2,1-3H3,(H2,26,27);2-5,8,10,22-23H,6-7H2,1H3,(H2,20,21)/p+3. The van der Waals surface area contributed by atoms with Gasteiger partial charge in [0.15, 0.2) is 58.4 Å². The lowest BCUT2D eigenvalue weighted by molar-refractivity contribution is -0.776. The number of carbonyl (C=O) groups excluding carboxylic acids is 2. The molecule has 8 aromatic heterocycles. The van der Waals surface area contributed by atoms with Crippen LogP contribution in [0.3, 0.4) is 0 Å². The number of hydrogen-bond donors (Lipinski definition) is 10. The molecule has 28 nitrogen and oxygen atoms in total. The molecule has 1 aliphatic carbocycles. The van der Waals surface area contributed by atoms with Gasteiger partial charge in [-0.05, 0) is 154 Å². The van der Waals surface area contributed by atoms with E-state index in [1.165, 1.54) is 48.5 Å². The van der Waals surface area contributed by atoms with Crippen LogP contribution in [0.25, 0.3) is 33.4 Å². The summed E-state index contributed by atoms with van der Waals surface area (Å²) in [6.07, 6.45) is 20.0. The van der Waals surface area contributed by atoms with Crippen molar-refractivity contribution in [3.05, 3.63) is 243 Å². The average Bonchev–Trinajstić information content (AvgIpc) is 1.82. The number of aromatic nitrogens is 11. The zero-order valence-corrected chi connectivity index (χ0v) is 77.6. The molecule has 15 rings (SSSR count). The molecule has 684 valence electrons. The highest BCUT2D eigenvalue weighted by Gasteiger charge is 2.36. The average molecular weight is 1940 g/mol. The Balaban J connectivity index is 0.000000158. The van der Waals surface area contributed by atoms with Gasteiger partial charge in [0.25, 0.3) is 0 Å². The maximum absolute atomic E-state index is 14.0. The van der Waals surface area contributed by atoms with Crippen molar-refractivity contribution in [2.24, 2.45) is 5.92 Å². The van der Waals surface area contributed by atoms with Crippen LogP contribution in [0.5, 0.6) is 23.0 Å². The number of anilines is 4. The number of nitrogens with two attached hydrogens (primary N) is 4. The number of rotatable bonds is 23. The van der Waals surface area contributed by atoms with E-state index in [2.05, 4.69) is 55.9 Å². The van der Waals surface area contributed by atoms with Crippen LogP contribution in [-0.2, 0) is 20.8 Å². The van der Waals surface area contributed by atoms with Crippen LogP contribution >= 0.6 is 92.8 Å². The van der Waals surface area contributed by atoms with Crippen molar-refractivity contribution in [2.45, 2.75) is 155 Å². The van der Waals surface area contributed by atoms with E-state index in [4.69, 9.17) is 154 Å². The number of aryl methyl sites for hydroxylation is 2. The van der Waals surface area contributed by atoms with Crippen LogP contribution in [0.15, 0.2) is 139 Å². The normalized spacial score (nSPS) is 15.7. The van der Waals surface area contributed by atoms with Gasteiger partial charge >= 0.3 is 12.1 Å². The number of benzene rings is 4. The zero-order valence-electron chi connectivity index (χ0n) is 71.5. The molecule has 10 heterocycles. The van der Waals surface area contributed by atoms with Crippen LogP contribution in [0.4, 0.5) is 45.6 Å². The van der Waals surface area contributed by atoms with Gasteiger partial charge in [-0.3, -0.25) is 15.6 Å². The number of likely N-dealkylation sites (tertiary alicyclic amines) is 1. The third-order valence-electron chi connectivity index (χ3n) is 21.7. The zero-order chi connectivity index (χ0) is 93.0. The number of piperidine rings is 1. The number of amides is 1. The van der Waals surface area contributed by atoms with Gasteiger partial charge in [-0.1, -0.05) is 98.0 Å². The summed E-state index contributed by atoms with van der Waals surface area (Å²) in [4.78, 5) is 43.0. The Morgan fingerprint density at radius 3 is 1.28 bits per heavy atom. The van der Waals surface area contributed by atoms with Crippen LogP contribution in [0.2, 0.25) is 40.2 Å². The first-order chi connectivity index (χ1) is 61.4. The van der Waals surface area contributed by atoms with Crippen molar-refractivity contribution < 1.29 is 79.2 Å². The van der Waals surface area contributed by atoms with Crippen molar-refractivity contribution in [2.75, 3.05) is 62.3 Å². The first-order valence-electron chi connectivity index (χ1n) is 41.1. The molecule has 129 heavy (non-hydrogen) atoms. The minimum absolute atomic E-state index is 0.00405. The molecular formula is C89H97Cl8F4N18O10+3. The number of carbonyl (C=O) groups is 2. The lowest BCUT2D eigenvalue weighted by atomic mass is 9.86. The summed E-state index contributed by atoms with van der Waals surface area (Å²) >= 11 is 49.2. The fraction of sp³-hybridized carbons (Fsp3) is 0.348. The summed E-state index contributed by atoms with van der Waals surface area (Å²) in [7, 11) is 0. The third-order valence-corrected chi connectivity index (χ3v) is 24.6. The van der Waals surface area contributed by atoms with Crippen LogP contribution in [0.1, 0.15) is 174 Å². The first-order valence-corrected chi connectivity index (χ1v) is 44.1. The number of hydrogen-bond acceptors (Lipinski definition) is 21. The number of ether oxygens (including phenoxy) is 6. The second kappa shape index (κ2) is 43.4. The third kappa shape index (κ3) is 24.3. The Hall–Kier alpha value is -10.6. The van der Waals surface area contributed by atoms with Crippen LogP contribution in [0, 0.1) is 43.0 Å². The number of nitrogens with zero attached hydrogens (tertiary/aromatic N) is 9. The molecule has 12 aromatic rings. The van der Waals surface area contributed by atoms with E-state index in [1.54, 1.807) is 75.6 Å². The molecule has 0 spiro atoms. The van der Waals surface area contributed by atoms with E-state index in [1.807, 2.05) is 87.2 Å². The smallest absolute Gasteiger partial charge is 0.409 e. The molecule has 14 N–H and O–H groups in total. The molecule has 3 fully saturated rings. The molecule has 2 saturated heterocycles. The van der Waals surface area contributed by atoms with Gasteiger partial charge in [0.05, 0.1) is 79.2 Å². The number of nitrogens with one attached hydrogen (secondary N) is 5. The first kappa shape index (κ1) is 97.4. The van der Waals surface area contributed by atoms with E-state index < -0.39 is 59.4 Å². The largest absolute Gasteiger partial charge is 0.482 e. The van der Waals surface area contributed by atoms with Gasteiger partial charge in [0.1, 0.15) is 65.7 Å². The molecule has 2 aliphatic heterocycles. The summed E-state index contributed by atoms with van der Waals surface area (Å²) in [6, 6.07) is 18.2. The quantitative estimate of drug-likeness (QED) is 0.0123. The van der Waals surface area contributed by atoms with E-state index in [-0.39, 0.29) is 91.5 Å². The maximum atomic E-state index is 14.0. The second-order valence-electron chi connectivity index (χ2n) is 31.9. The monoisotopic (exact) mass is 1930 g/mol. The van der Waals surface area contributed by atoms with E-state index >= 15 is 0 Å². The summed E-state index contributed by atoms with van der Waals surface area (Å²) in [6.45, 7) is 19.4. The summed E-state index contributed by atoms with van der Waals surface area (Å²) in [5.41, 5.74) is 39.0. The molecule has 0 radical (unpaired) electrons. The number of aliphatic hydroxyl groups is 1. The Kier molecular flexibility index (Phi) is 32.8. The molecule has 4 atom stereocenters. The minimum Gasteiger partial charge on any atom is -0.482 e. The van der Waals surface area contributed by atoms with E-state index in [0.29, 0.717) is 80.0 Å². The van der Waals surface area contributed by atoms with Gasteiger partial charge in [-0.15, -0.1) is 14.0 Å². The van der Waals surface area contributed by atoms with Crippen LogP contribution < -0.4 is 66.8 Å². The SMILES string of the molecule is CC(Oc1cc(-c2c[nH][n+](C3CCC(C(=O)OC(C)(C)C)CC3)c2)cnc1N)c1c(Cl)ccc(F)c1Cl.CC(Oc1cc(-c2c[nH][n+](C3CCN(C(=O)OCCO)CC3)c2)cnc1N)c1c(Cl)ccc(F)c1Cl.CC(Oc1cc(C2CNNC2)cnc1N)c1c(Cl)ccc(F)c1Cl.Cc1noc(C)c1C[n+]1cc(-c2cnc(N)c(OC(C)c3c(Cl)ccc(F)c3Cl)c2)c[nH]1. The summed E-state index contributed by atoms with van der Waals surface area (Å²) in [5, 5.41) is 23.4. The predicted octanol–water partition coefficient (Wildman–Crippen LogP) is 19.5. The van der Waals surface area contributed by atoms with Crippen molar-refractivity contribution in [3.63, 3.8) is 0 Å². The molecule has 1 saturated carbocycles. The highest BCUT2D eigenvalue weighted by atomic mass is 35.5. The Labute approximate surface area is 781 Å². The predicted molar refractivity (Wildman–Crippen MR) is 485 cm³/mol. The number of esters is 1. The Morgan fingerprint density at radius 1 is 0.527 bits per heavy atom. The van der Waals surface area contributed by atoms with E-state index in [0.717, 1.165) is 108 Å². The fourth-order valence-corrected chi connectivity index (χ4v) is 17.5. The molecule has 40 heteroatoms. The van der Waals surface area contributed by atoms with Crippen molar-refractivity contribution >= 4 is 128 Å². The lowest BCUT2D eigenvalue weighted by Gasteiger charge is -2.27. The number of hydrazine groups is 1. The molecule has 0 bridgehead atoms. The number of halogens is 12. The van der Waals surface area contributed by atoms with Crippen molar-refractivity contribution in [1.82, 2.24) is 56.1 Å². The molecule has 4 unspecified atom stereocenters. The minimum atomic E-state index is -0.675. The van der Waals surface area contributed by atoms with Gasteiger partial charge in [-0.25, -0.2) is 42.3 Å². The van der Waals surface area contributed by atoms with Gasteiger partial charge in [0.2, 0.25) is 25.1 Å². The van der Waals surface area contributed by atoms with Gasteiger partial charge in [0, 0.05) is 142 Å². The van der Waals surface area contributed by atoms with Crippen molar-refractivity contribution in [1.29, 1.82) is 0 Å². The topological polar surface area (TPSA) is 378 Å². The number of pyridine rings is 4. The maximum Gasteiger partial charge on any atom is 0.409 e. The molecular weight excluding hydrogens is 1840 g/mol. The Morgan fingerprint density at radius 2 is 0.899 bits per heavy atom. The number of aliphatic hydroxyl groups excluding tert-OH is 1.